The topological polar surface area (TPSA) is 72.4 Å². The number of hydrogen-bond donors (Lipinski definition) is 1. The van der Waals surface area contributed by atoms with Crippen molar-refractivity contribution < 1.29 is 9.32 Å². The molecule has 5 heteroatoms. The SMILES string of the molecule is Cc1cc(C(=O)N(C)Cc2cccc(N)c2)on1. The Hall–Kier alpha value is -2.30. The van der Waals surface area contributed by atoms with Crippen LogP contribution < -0.4 is 5.73 Å². The highest BCUT2D eigenvalue weighted by molar-refractivity contribution is 5.91. The van der Waals surface area contributed by atoms with Crippen LogP contribution in [-0.4, -0.2) is 23.0 Å². The van der Waals surface area contributed by atoms with Gasteiger partial charge in [0.25, 0.3) is 5.91 Å². The lowest BCUT2D eigenvalue weighted by molar-refractivity contribution is 0.0743. The van der Waals surface area contributed by atoms with Crippen LogP contribution in [0.25, 0.3) is 0 Å². The van der Waals surface area contributed by atoms with E-state index in [1.807, 2.05) is 24.3 Å². The monoisotopic (exact) mass is 245 g/mol. The fourth-order valence-electron chi connectivity index (χ4n) is 1.69. The van der Waals surface area contributed by atoms with E-state index < -0.39 is 0 Å². The van der Waals surface area contributed by atoms with E-state index in [2.05, 4.69) is 5.16 Å². The van der Waals surface area contributed by atoms with E-state index in [1.54, 1.807) is 24.9 Å². The fourth-order valence-corrected chi connectivity index (χ4v) is 1.69. The Morgan fingerprint density at radius 2 is 2.22 bits per heavy atom. The van der Waals surface area contributed by atoms with Gasteiger partial charge in [-0.25, -0.2) is 0 Å². The quantitative estimate of drug-likeness (QED) is 0.837. The van der Waals surface area contributed by atoms with Crippen LogP contribution in [-0.2, 0) is 6.54 Å². The van der Waals surface area contributed by atoms with Crippen molar-refractivity contribution in [2.24, 2.45) is 0 Å². The third-order valence-corrected chi connectivity index (χ3v) is 2.56. The van der Waals surface area contributed by atoms with Gasteiger partial charge in [-0.15, -0.1) is 0 Å². The van der Waals surface area contributed by atoms with Crippen LogP contribution in [0.3, 0.4) is 0 Å². The summed E-state index contributed by atoms with van der Waals surface area (Å²) in [5, 5.41) is 3.70. The number of rotatable bonds is 3. The lowest BCUT2D eigenvalue weighted by Crippen LogP contribution is -2.25. The second-order valence-electron chi connectivity index (χ2n) is 4.24. The summed E-state index contributed by atoms with van der Waals surface area (Å²) in [4.78, 5) is 13.6. The normalized spacial score (nSPS) is 10.3. The molecule has 1 aromatic carbocycles. The van der Waals surface area contributed by atoms with Gasteiger partial charge in [-0.1, -0.05) is 17.3 Å². The largest absolute Gasteiger partial charge is 0.399 e. The van der Waals surface area contributed by atoms with Crippen molar-refractivity contribution >= 4 is 11.6 Å². The molecule has 1 aromatic heterocycles. The first-order valence-electron chi connectivity index (χ1n) is 5.59. The molecule has 0 atom stereocenters. The Kier molecular flexibility index (Phi) is 3.32. The number of amides is 1. The van der Waals surface area contributed by atoms with Gasteiger partial charge in [-0.05, 0) is 24.6 Å². The number of anilines is 1. The molecule has 1 heterocycles. The highest BCUT2D eigenvalue weighted by Crippen LogP contribution is 2.11. The second kappa shape index (κ2) is 4.91. The maximum absolute atomic E-state index is 12.0. The van der Waals surface area contributed by atoms with Gasteiger partial charge in [0.05, 0.1) is 5.69 Å². The van der Waals surface area contributed by atoms with E-state index in [-0.39, 0.29) is 11.7 Å². The van der Waals surface area contributed by atoms with Crippen molar-refractivity contribution in [3.05, 3.63) is 47.3 Å². The van der Waals surface area contributed by atoms with E-state index >= 15 is 0 Å². The molecule has 2 N–H and O–H groups in total. The molecular weight excluding hydrogens is 230 g/mol. The molecule has 0 spiro atoms. The third kappa shape index (κ3) is 2.68. The molecule has 2 rings (SSSR count). The summed E-state index contributed by atoms with van der Waals surface area (Å²) in [5.41, 5.74) is 8.04. The fraction of sp³-hybridized carbons (Fsp3) is 0.231. The lowest BCUT2D eigenvalue weighted by atomic mass is 10.2. The molecule has 0 aliphatic rings. The highest BCUT2D eigenvalue weighted by Gasteiger charge is 2.16. The molecule has 18 heavy (non-hydrogen) atoms. The summed E-state index contributed by atoms with van der Waals surface area (Å²) in [6.07, 6.45) is 0. The predicted octanol–water partition coefficient (Wildman–Crippen LogP) is 1.84. The zero-order valence-electron chi connectivity index (χ0n) is 10.4. The minimum absolute atomic E-state index is 0.196. The summed E-state index contributed by atoms with van der Waals surface area (Å²) in [6, 6.07) is 9.06. The zero-order valence-corrected chi connectivity index (χ0v) is 10.4. The Labute approximate surface area is 105 Å². The Morgan fingerprint density at radius 1 is 1.44 bits per heavy atom. The van der Waals surface area contributed by atoms with Gasteiger partial charge < -0.3 is 15.2 Å². The van der Waals surface area contributed by atoms with Gasteiger partial charge >= 0.3 is 0 Å². The molecular formula is C13H15N3O2. The molecule has 0 radical (unpaired) electrons. The standard InChI is InChI=1S/C13H15N3O2/c1-9-6-12(18-15-9)13(17)16(2)8-10-4-3-5-11(14)7-10/h3-7H,8,14H2,1-2H3. The first-order valence-corrected chi connectivity index (χ1v) is 5.59. The van der Waals surface area contributed by atoms with Crippen LogP contribution in [0.15, 0.2) is 34.9 Å². The van der Waals surface area contributed by atoms with Crippen LogP contribution >= 0.6 is 0 Å². The van der Waals surface area contributed by atoms with Crippen molar-refractivity contribution in [3.63, 3.8) is 0 Å². The van der Waals surface area contributed by atoms with E-state index in [0.29, 0.717) is 17.9 Å². The molecule has 0 unspecified atom stereocenters. The van der Waals surface area contributed by atoms with Gasteiger partial charge in [-0.2, -0.15) is 0 Å². The van der Waals surface area contributed by atoms with Gasteiger partial charge in [0.15, 0.2) is 0 Å². The number of aromatic nitrogens is 1. The van der Waals surface area contributed by atoms with Crippen molar-refractivity contribution in [1.82, 2.24) is 10.1 Å². The minimum Gasteiger partial charge on any atom is -0.399 e. The van der Waals surface area contributed by atoms with Crippen molar-refractivity contribution in [2.45, 2.75) is 13.5 Å². The average Bonchev–Trinajstić information content (AvgIpc) is 2.75. The number of carbonyl (C=O) groups excluding carboxylic acids is 1. The summed E-state index contributed by atoms with van der Waals surface area (Å²) in [5.74, 6) is 0.0527. The number of nitrogens with zero attached hydrogens (tertiary/aromatic N) is 2. The molecule has 0 saturated carbocycles. The van der Waals surface area contributed by atoms with Crippen LogP contribution in [0, 0.1) is 6.92 Å². The van der Waals surface area contributed by atoms with Crippen molar-refractivity contribution in [2.75, 3.05) is 12.8 Å². The molecule has 1 amide bonds. The Bertz CT molecular complexity index is 563. The van der Waals surface area contributed by atoms with E-state index in [9.17, 15) is 4.79 Å². The Morgan fingerprint density at radius 3 is 2.83 bits per heavy atom. The summed E-state index contributed by atoms with van der Waals surface area (Å²) < 4.78 is 4.94. The van der Waals surface area contributed by atoms with Crippen LogP contribution in [0.2, 0.25) is 0 Å². The third-order valence-electron chi connectivity index (χ3n) is 2.56. The maximum atomic E-state index is 12.0. The predicted molar refractivity (Wildman–Crippen MR) is 67.9 cm³/mol. The number of benzene rings is 1. The van der Waals surface area contributed by atoms with Crippen LogP contribution in [0.5, 0.6) is 0 Å². The van der Waals surface area contributed by atoms with E-state index in [0.717, 1.165) is 5.56 Å². The molecule has 94 valence electrons. The number of nitrogen functional groups attached to an aromatic ring is 1. The lowest BCUT2D eigenvalue weighted by Gasteiger charge is -2.15. The smallest absolute Gasteiger partial charge is 0.292 e. The number of carbonyl (C=O) groups is 1. The van der Waals surface area contributed by atoms with E-state index in [1.165, 1.54) is 0 Å². The van der Waals surface area contributed by atoms with Gasteiger partial charge in [-0.3, -0.25) is 4.79 Å². The van der Waals surface area contributed by atoms with Crippen molar-refractivity contribution in [1.29, 1.82) is 0 Å². The van der Waals surface area contributed by atoms with E-state index in [4.69, 9.17) is 10.3 Å². The first kappa shape index (κ1) is 12.2. The average molecular weight is 245 g/mol. The molecule has 0 fully saturated rings. The second-order valence-corrected chi connectivity index (χ2v) is 4.24. The van der Waals surface area contributed by atoms with Gasteiger partial charge in [0.1, 0.15) is 0 Å². The molecule has 0 aliphatic heterocycles. The number of aryl methyl sites for hydroxylation is 1. The first-order chi connectivity index (χ1) is 8.56. The molecule has 0 bridgehead atoms. The highest BCUT2D eigenvalue weighted by atomic mass is 16.5. The summed E-state index contributed by atoms with van der Waals surface area (Å²) in [7, 11) is 1.71. The summed E-state index contributed by atoms with van der Waals surface area (Å²) >= 11 is 0. The van der Waals surface area contributed by atoms with Crippen LogP contribution in [0.4, 0.5) is 5.69 Å². The molecule has 5 nitrogen and oxygen atoms in total. The van der Waals surface area contributed by atoms with Gasteiger partial charge in [0.2, 0.25) is 5.76 Å². The van der Waals surface area contributed by atoms with Crippen LogP contribution in [0.1, 0.15) is 21.8 Å². The molecule has 0 aliphatic carbocycles. The van der Waals surface area contributed by atoms with Crippen molar-refractivity contribution in [3.8, 4) is 0 Å². The summed E-state index contributed by atoms with van der Waals surface area (Å²) in [6.45, 7) is 2.25. The number of nitrogens with two attached hydrogens (primary N) is 1. The zero-order chi connectivity index (χ0) is 13.1. The maximum Gasteiger partial charge on any atom is 0.292 e. The minimum atomic E-state index is -0.196. The number of hydrogen-bond acceptors (Lipinski definition) is 4. The molecule has 2 aromatic rings. The molecule has 0 saturated heterocycles. The Balaban J connectivity index is 2.08. The van der Waals surface area contributed by atoms with Gasteiger partial charge in [0, 0.05) is 25.3 Å².